The fourth-order valence-corrected chi connectivity index (χ4v) is 2.72. The minimum absolute atomic E-state index is 0.0745. The van der Waals surface area contributed by atoms with Crippen LogP contribution in [-0.2, 0) is 0 Å². The predicted octanol–water partition coefficient (Wildman–Crippen LogP) is 4.46. The molecule has 0 aliphatic heterocycles. The lowest BCUT2D eigenvalue weighted by Crippen LogP contribution is -2.11. The molecule has 0 fully saturated rings. The molecule has 0 saturated carbocycles. The van der Waals surface area contributed by atoms with Gasteiger partial charge in [-0.05, 0) is 54.1 Å². The Labute approximate surface area is 115 Å². The maximum atomic E-state index is 12.1. The molecule has 0 saturated heterocycles. The fraction of sp³-hybridized carbons (Fsp3) is 0.0625. The van der Waals surface area contributed by atoms with Crippen LogP contribution in [0.3, 0.4) is 0 Å². The molecule has 3 rings (SSSR count). The number of benzene rings is 2. The Kier molecular flexibility index (Phi) is 3.05. The maximum absolute atomic E-state index is 12.1. The lowest BCUT2D eigenvalue weighted by Gasteiger charge is -2.05. The molecule has 0 atom stereocenters. The molecular formula is C16H13NOS. The van der Waals surface area contributed by atoms with E-state index in [-0.39, 0.29) is 5.91 Å². The van der Waals surface area contributed by atoms with E-state index in [1.54, 1.807) is 11.3 Å². The van der Waals surface area contributed by atoms with E-state index in [1.807, 2.05) is 49.4 Å². The van der Waals surface area contributed by atoms with Gasteiger partial charge in [-0.25, -0.2) is 0 Å². The summed E-state index contributed by atoms with van der Waals surface area (Å²) in [5.74, 6) is -0.0745. The maximum Gasteiger partial charge on any atom is 0.255 e. The van der Waals surface area contributed by atoms with Crippen LogP contribution < -0.4 is 5.32 Å². The second kappa shape index (κ2) is 4.86. The summed E-state index contributed by atoms with van der Waals surface area (Å²) < 4.78 is 1.23. The van der Waals surface area contributed by atoms with Crippen LogP contribution in [0.5, 0.6) is 0 Å². The Bertz CT molecular complexity index is 728. The number of rotatable bonds is 2. The molecule has 94 valence electrons. The molecule has 0 aliphatic rings. The zero-order chi connectivity index (χ0) is 13.2. The number of amides is 1. The van der Waals surface area contributed by atoms with Crippen molar-refractivity contribution in [2.75, 3.05) is 5.32 Å². The summed E-state index contributed by atoms with van der Waals surface area (Å²) in [6.07, 6.45) is 0. The van der Waals surface area contributed by atoms with Crippen LogP contribution in [0.15, 0.2) is 53.9 Å². The first-order valence-electron chi connectivity index (χ1n) is 6.08. The lowest BCUT2D eigenvalue weighted by molar-refractivity contribution is 0.102. The molecule has 0 aliphatic carbocycles. The minimum Gasteiger partial charge on any atom is -0.322 e. The van der Waals surface area contributed by atoms with Gasteiger partial charge in [-0.2, -0.15) is 0 Å². The standard InChI is InChI=1S/C16H13NOS/c1-11-2-4-12(5-3-11)16(18)17-14-6-7-15-13(10-14)8-9-19-15/h2-10H,1H3,(H,17,18). The normalized spacial score (nSPS) is 10.6. The van der Waals surface area contributed by atoms with E-state index in [4.69, 9.17) is 0 Å². The molecule has 0 radical (unpaired) electrons. The summed E-state index contributed by atoms with van der Waals surface area (Å²) in [4.78, 5) is 12.1. The van der Waals surface area contributed by atoms with Crippen LogP contribution in [0.1, 0.15) is 15.9 Å². The molecule has 2 aromatic carbocycles. The first-order valence-corrected chi connectivity index (χ1v) is 6.96. The zero-order valence-corrected chi connectivity index (χ0v) is 11.3. The lowest BCUT2D eigenvalue weighted by atomic mass is 10.1. The van der Waals surface area contributed by atoms with Crippen molar-refractivity contribution in [3.63, 3.8) is 0 Å². The van der Waals surface area contributed by atoms with Crippen LogP contribution in [0.2, 0.25) is 0 Å². The predicted molar refractivity (Wildman–Crippen MR) is 81.0 cm³/mol. The average Bonchev–Trinajstić information content (AvgIpc) is 2.87. The second-order valence-corrected chi connectivity index (χ2v) is 5.44. The smallest absolute Gasteiger partial charge is 0.255 e. The van der Waals surface area contributed by atoms with Gasteiger partial charge in [0.25, 0.3) is 5.91 Å². The van der Waals surface area contributed by atoms with Gasteiger partial charge in [-0.15, -0.1) is 11.3 Å². The molecule has 1 aromatic heterocycles. The summed E-state index contributed by atoms with van der Waals surface area (Å²) in [5, 5.41) is 6.14. The minimum atomic E-state index is -0.0745. The third kappa shape index (κ3) is 2.51. The van der Waals surface area contributed by atoms with Gasteiger partial charge in [0.05, 0.1) is 0 Å². The summed E-state index contributed by atoms with van der Waals surface area (Å²) in [6.45, 7) is 2.01. The highest BCUT2D eigenvalue weighted by Gasteiger charge is 2.06. The summed E-state index contributed by atoms with van der Waals surface area (Å²) in [7, 11) is 0. The monoisotopic (exact) mass is 267 g/mol. The zero-order valence-electron chi connectivity index (χ0n) is 10.5. The number of carbonyl (C=O) groups is 1. The molecule has 3 aromatic rings. The number of thiophene rings is 1. The van der Waals surface area contributed by atoms with E-state index < -0.39 is 0 Å². The first-order chi connectivity index (χ1) is 9.22. The molecule has 1 N–H and O–H groups in total. The molecular weight excluding hydrogens is 254 g/mol. The van der Waals surface area contributed by atoms with E-state index in [2.05, 4.69) is 16.8 Å². The number of aryl methyl sites for hydroxylation is 1. The number of nitrogens with one attached hydrogen (secondary N) is 1. The highest BCUT2D eigenvalue weighted by molar-refractivity contribution is 7.17. The largest absolute Gasteiger partial charge is 0.322 e. The third-order valence-electron chi connectivity index (χ3n) is 3.02. The Morgan fingerprint density at radius 2 is 1.84 bits per heavy atom. The molecule has 0 spiro atoms. The van der Waals surface area contributed by atoms with Crippen molar-refractivity contribution in [1.82, 2.24) is 0 Å². The van der Waals surface area contributed by atoms with Crippen molar-refractivity contribution in [3.05, 3.63) is 65.0 Å². The molecule has 0 bridgehead atoms. The van der Waals surface area contributed by atoms with Crippen LogP contribution in [-0.4, -0.2) is 5.91 Å². The van der Waals surface area contributed by atoms with Gasteiger partial charge in [-0.1, -0.05) is 17.7 Å². The quantitative estimate of drug-likeness (QED) is 0.729. The molecule has 2 nitrogen and oxygen atoms in total. The molecule has 0 unspecified atom stereocenters. The van der Waals surface area contributed by atoms with Crippen molar-refractivity contribution in [3.8, 4) is 0 Å². The van der Waals surface area contributed by atoms with Gasteiger partial charge in [0.1, 0.15) is 0 Å². The van der Waals surface area contributed by atoms with Crippen molar-refractivity contribution >= 4 is 33.0 Å². The van der Waals surface area contributed by atoms with Crippen molar-refractivity contribution < 1.29 is 4.79 Å². The van der Waals surface area contributed by atoms with E-state index in [0.29, 0.717) is 5.56 Å². The third-order valence-corrected chi connectivity index (χ3v) is 3.92. The molecule has 1 heterocycles. The van der Waals surface area contributed by atoms with Gasteiger partial charge >= 0.3 is 0 Å². The average molecular weight is 267 g/mol. The van der Waals surface area contributed by atoms with Crippen LogP contribution in [0.4, 0.5) is 5.69 Å². The van der Waals surface area contributed by atoms with Crippen molar-refractivity contribution in [2.45, 2.75) is 6.92 Å². The topological polar surface area (TPSA) is 29.1 Å². The van der Waals surface area contributed by atoms with E-state index in [9.17, 15) is 4.79 Å². The fourth-order valence-electron chi connectivity index (χ4n) is 1.95. The summed E-state index contributed by atoms with van der Waals surface area (Å²) in [6, 6.07) is 15.6. The van der Waals surface area contributed by atoms with E-state index in [1.165, 1.54) is 4.70 Å². The van der Waals surface area contributed by atoms with Gasteiger partial charge in [0.15, 0.2) is 0 Å². The van der Waals surface area contributed by atoms with E-state index in [0.717, 1.165) is 16.6 Å². The van der Waals surface area contributed by atoms with Crippen molar-refractivity contribution in [1.29, 1.82) is 0 Å². The Morgan fingerprint density at radius 1 is 1.05 bits per heavy atom. The number of fused-ring (bicyclic) bond motifs is 1. The number of hydrogen-bond acceptors (Lipinski definition) is 2. The Morgan fingerprint density at radius 3 is 2.63 bits per heavy atom. The highest BCUT2D eigenvalue weighted by Crippen LogP contribution is 2.24. The SMILES string of the molecule is Cc1ccc(C(=O)Nc2ccc3sccc3c2)cc1. The van der Waals surface area contributed by atoms with Crippen LogP contribution in [0.25, 0.3) is 10.1 Å². The Hall–Kier alpha value is -2.13. The van der Waals surface area contributed by atoms with Gasteiger partial charge < -0.3 is 5.32 Å². The van der Waals surface area contributed by atoms with Gasteiger partial charge in [0.2, 0.25) is 0 Å². The second-order valence-electron chi connectivity index (χ2n) is 4.49. The van der Waals surface area contributed by atoms with Gasteiger partial charge in [-0.3, -0.25) is 4.79 Å². The summed E-state index contributed by atoms with van der Waals surface area (Å²) in [5.41, 5.74) is 2.66. The van der Waals surface area contributed by atoms with Gasteiger partial charge in [0, 0.05) is 16.0 Å². The van der Waals surface area contributed by atoms with Crippen LogP contribution >= 0.6 is 11.3 Å². The van der Waals surface area contributed by atoms with Crippen molar-refractivity contribution in [2.24, 2.45) is 0 Å². The molecule has 1 amide bonds. The Balaban J connectivity index is 1.83. The van der Waals surface area contributed by atoms with Crippen LogP contribution in [0, 0.1) is 6.92 Å². The number of carbonyl (C=O) groups excluding carboxylic acids is 1. The molecule has 3 heteroatoms. The first kappa shape index (κ1) is 11.9. The van der Waals surface area contributed by atoms with E-state index >= 15 is 0 Å². The number of anilines is 1. The molecule has 19 heavy (non-hydrogen) atoms. The number of hydrogen-bond donors (Lipinski definition) is 1. The summed E-state index contributed by atoms with van der Waals surface area (Å²) >= 11 is 1.70. The highest BCUT2D eigenvalue weighted by atomic mass is 32.1.